The number of imidazole rings is 1. The van der Waals surface area contributed by atoms with Crippen molar-refractivity contribution in [1.82, 2.24) is 9.97 Å². The molecule has 16 heavy (non-hydrogen) atoms. The zero-order valence-corrected chi connectivity index (χ0v) is 8.68. The van der Waals surface area contributed by atoms with Gasteiger partial charge in [0.15, 0.2) is 0 Å². The lowest BCUT2D eigenvalue weighted by molar-refractivity contribution is 0.277. The second-order valence-corrected chi connectivity index (χ2v) is 3.85. The minimum absolute atomic E-state index is 0.0117. The fourth-order valence-corrected chi connectivity index (χ4v) is 2.02. The van der Waals surface area contributed by atoms with E-state index >= 15 is 0 Å². The Morgan fingerprint density at radius 3 is 3.12 bits per heavy atom. The molecule has 0 bridgehead atoms. The molecular formula is C12H12N2O2. The van der Waals surface area contributed by atoms with Crippen LogP contribution in [0.25, 0.3) is 0 Å². The molecule has 0 saturated carbocycles. The molecule has 1 aromatic heterocycles. The van der Waals surface area contributed by atoms with Crippen molar-refractivity contribution in [2.24, 2.45) is 0 Å². The fourth-order valence-electron chi connectivity index (χ4n) is 2.02. The van der Waals surface area contributed by atoms with Gasteiger partial charge >= 0.3 is 0 Å². The molecule has 0 amide bonds. The summed E-state index contributed by atoms with van der Waals surface area (Å²) in [5.41, 5.74) is 1.89. The van der Waals surface area contributed by atoms with Crippen molar-refractivity contribution in [2.45, 2.75) is 12.5 Å². The molecule has 1 unspecified atom stereocenters. The topological polar surface area (TPSA) is 58.1 Å². The maximum atomic E-state index is 8.99. The molecule has 82 valence electrons. The second kappa shape index (κ2) is 3.64. The molecule has 4 heteroatoms. The average Bonchev–Trinajstić information content (AvgIpc) is 2.94. The van der Waals surface area contributed by atoms with Gasteiger partial charge < -0.3 is 14.8 Å². The molecule has 2 aromatic rings. The number of hydrogen-bond donors (Lipinski definition) is 2. The second-order valence-electron chi connectivity index (χ2n) is 3.85. The van der Waals surface area contributed by atoms with Crippen molar-refractivity contribution in [3.05, 3.63) is 47.5 Å². The first-order chi connectivity index (χ1) is 7.88. The monoisotopic (exact) mass is 216 g/mol. The van der Waals surface area contributed by atoms with Gasteiger partial charge in [-0.25, -0.2) is 4.98 Å². The van der Waals surface area contributed by atoms with E-state index in [0.717, 1.165) is 22.8 Å². The van der Waals surface area contributed by atoms with Gasteiger partial charge in [0, 0.05) is 5.56 Å². The number of H-pyrrole nitrogens is 1. The number of rotatable bonds is 2. The van der Waals surface area contributed by atoms with Gasteiger partial charge in [0.2, 0.25) is 0 Å². The van der Waals surface area contributed by atoms with Crippen molar-refractivity contribution in [1.29, 1.82) is 0 Å². The van der Waals surface area contributed by atoms with E-state index in [4.69, 9.17) is 9.84 Å². The van der Waals surface area contributed by atoms with Gasteiger partial charge in [0.25, 0.3) is 0 Å². The molecular weight excluding hydrogens is 204 g/mol. The van der Waals surface area contributed by atoms with Crippen LogP contribution >= 0.6 is 0 Å². The molecule has 1 aliphatic heterocycles. The quantitative estimate of drug-likeness (QED) is 0.798. The molecule has 0 radical (unpaired) electrons. The Hall–Kier alpha value is -1.81. The normalized spacial score (nSPS) is 18.2. The van der Waals surface area contributed by atoms with Crippen molar-refractivity contribution in [2.75, 3.05) is 6.61 Å². The Labute approximate surface area is 92.9 Å². The van der Waals surface area contributed by atoms with E-state index < -0.39 is 0 Å². The molecule has 4 nitrogen and oxygen atoms in total. The van der Waals surface area contributed by atoms with Crippen LogP contribution in [0.1, 0.15) is 23.0 Å². The highest BCUT2D eigenvalue weighted by Gasteiger charge is 2.27. The Morgan fingerprint density at radius 2 is 2.31 bits per heavy atom. The highest BCUT2D eigenvalue weighted by molar-refractivity contribution is 5.42. The third kappa shape index (κ3) is 1.39. The number of para-hydroxylation sites is 1. The summed E-state index contributed by atoms with van der Waals surface area (Å²) in [7, 11) is 0. The lowest BCUT2D eigenvalue weighted by Gasteiger charge is -2.04. The lowest BCUT2D eigenvalue weighted by atomic mass is 10.0. The van der Waals surface area contributed by atoms with E-state index in [-0.39, 0.29) is 12.5 Å². The highest BCUT2D eigenvalue weighted by atomic mass is 16.5. The molecule has 2 heterocycles. The predicted molar refractivity (Wildman–Crippen MR) is 58.3 cm³/mol. The van der Waals surface area contributed by atoms with Crippen molar-refractivity contribution in [3.8, 4) is 5.75 Å². The minimum atomic E-state index is -0.0117. The van der Waals surface area contributed by atoms with Crippen LogP contribution in [0, 0.1) is 0 Å². The van der Waals surface area contributed by atoms with E-state index in [1.807, 2.05) is 24.3 Å². The lowest BCUT2D eigenvalue weighted by Crippen LogP contribution is -2.04. The van der Waals surface area contributed by atoms with E-state index in [9.17, 15) is 0 Å². The van der Waals surface area contributed by atoms with Gasteiger partial charge in [0.1, 0.15) is 18.2 Å². The summed E-state index contributed by atoms with van der Waals surface area (Å²) in [6.45, 7) is 0.597. The van der Waals surface area contributed by atoms with Gasteiger partial charge in [-0.3, -0.25) is 0 Å². The molecule has 2 N–H and O–H groups in total. The maximum absolute atomic E-state index is 8.99. The van der Waals surface area contributed by atoms with E-state index in [1.165, 1.54) is 0 Å². The summed E-state index contributed by atoms with van der Waals surface area (Å²) in [5.74, 6) is 1.93. The third-order valence-corrected chi connectivity index (χ3v) is 2.85. The summed E-state index contributed by atoms with van der Waals surface area (Å²) in [6.07, 6.45) is 1.66. The summed E-state index contributed by atoms with van der Waals surface area (Å²) in [4.78, 5) is 7.38. The van der Waals surface area contributed by atoms with Gasteiger partial charge in [0.05, 0.1) is 24.4 Å². The van der Waals surface area contributed by atoms with Gasteiger partial charge in [-0.05, 0) is 6.07 Å². The van der Waals surface area contributed by atoms with Crippen LogP contribution in [0.4, 0.5) is 0 Å². The number of ether oxygens (including phenoxy) is 1. The number of hydrogen-bond acceptors (Lipinski definition) is 3. The summed E-state index contributed by atoms with van der Waals surface area (Å²) in [5, 5.41) is 8.99. The third-order valence-electron chi connectivity index (χ3n) is 2.85. The first-order valence-corrected chi connectivity index (χ1v) is 5.25. The highest BCUT2D eigenvalue weighted by Crippen LogP contribution is 2.36. The van der Waals surface area contributed by atoms with Crippen LogP contribution in [0.5, 0.6) is 5.75 Å². The van der Waals surface area contributed by atoms with Crippen LogP contribution in [-0.4, -0.2) is 21.7 Å². The van der Waals surface area contributed by atoms with Crippen LogP contribution in [0.3, 0.4) is 0 Å². The van der Waals surface area contributed by atoms with E-state index in [2.05, 4.69) is 9.97 Å². The number of aromatic amines is 1. The molecule has 1 atom stereocenters. The largest absolute Gasteiger partial charge is 0.492 e. The van der Waals surface area contributed by atoms with Crippen LogP contribution in [-0.2, 0) is 6.61 Å². The number of aliphatic hydroxyl groups excluding tert-OH is 1. The summed E-state index contributed by atoms with van der Waals surface area (Å²) in [6, 6.07) is 7.97. The first-order valence-electron chi connectivity index (χ1n) is 5.25. The number of nitrogens with zero attached hydrogens (tertiary/aromatic N) is 1. The molecule has 0 saturated heterocycles. The van der Waals surface area contributed by atoms with Gasteiger partial charge in [-0.15, -0.1) is 0 Å². The van der Waals surface area contributed by atoms with Crippen molar-refractivity contribution >= 4 is 0 Å². The number of aromatic nitrogens is 2. The van der Waals surface area contributed by atoms with Gasteiger partial charge in [-0.1, -0.05) is 18.2 Å². The fraction of sp³-hybridized carbons (Fsp3) is 0.250. The SMILES string of the molecule is OCc1cnc(C2COc3ccccc32)[nH]1. The van der Waals surface area contributed by atoms with Gasteiger partial charge in [-0.2, -0.15) is 0 Å². The predicted octanol–water partition coefficient (Wildman–Crippen LogP) is 1.43. The Balaban J connectivity index is 1.98. The summed E-state index contributed by atoms with van der Waals surface area (Å²) >= 11 is 0. The molecule has 1 aliphatic rings. The minimum Gasteiger partial charge on any atom is -0.492 e. The van der Waals surface area contributed by atoms with Crippen LogP contribution in [0.2, 0.25) is 0 Å². The van der Waals surface area contributed by atoms with E-state index in [1.54, 1.807) is 6.20 Å². The standard InChI is InChI=1S/C12H12N2O2/c15-6-8-5-13-12(14-8)10-7-16-11-4-2-1-3-9(10)11/h1-5,10,15H,6-7H2,(H,13,14). The number of benzene rings is 1. The Morgan fingerprint density at radius 1 is 1.44 bits per heavy atom. The van der Waals surface area contributed by atoms with Crippen molar-refractivity contribution < 1.29 is 9.84 Å². The maximum Gasteiger partial charge on any atom is 0.123 e. The molecule has 0 spiro atoms. The Bertz CT molecular complexity index is 507. The summed E-state index contributed by atoms with van der Waals surface area (Å²) < 4.78 is 5.59. The zero-order chi connectivity index (χ0) is 11.0. The van der Waals surface area contributed by atoms with Crippen LogP contribution in [0.15, 0.2) is 30.5 Å². The molecule has 3 rings (SSSR count). The van der Waals surface area contributed by atoms with Crippen LogP contribution < -0.4 is 4.74 Å². The molecule has 0 aliphatic carbocycles. The smallest absolute Gasteiger partial charge is 0.123 e. The number of aliphatic hydroxyl groups is 1. The number of nitrogens with one attached hydrogen (secondary N) is 1. The van der Waals surface area contributed by atoms with E-state index in [0.29, 0.717) is 6.61 Å². The Kier molecular flexibility index (Phi) is 2.15. The average molecular weight is 216 g/mol. The first kappa shape index (κ1) is 9.42. The molecule has 0 fully saturated rings. The zero-order valence-electron chi connectivity index (χ0n) is 8.68. The molecule has 1 aromatic carbocycles. The number of fused-ring (bicyclic) bond motifs is 1. The van der Waals surface area contributed by atoms with Crippen molar-refractivity contribution in [3.63, 3.8) is 0 Å².